The second kappa shape index (κ2) is 4.64. The molecule has 1 heterocycles. The van der Waals surface area contributed by atoms with Crippen LogP contribution in [-0.2, 0) is 0 Å². The number of rotatable bonds is 2. The number of hydrogen-bond donors (Lipinski definition) is 1. The van der Waals surface area contributed by atoms with Gasteiger partial charge in [-0.25, -0.2) is 4.98 Å². The van der Waals surface area contributed by atoms with E-state index >= 15 is 0 Å². The molecule has 20 heavy (non-hydrogen) atoms. The number of halogens is 1. The number of aromatic nitrogens is 2. The molecule has 0 saturated carbocycles. The molecular formula is C14H10BrN3O2. The van der Waals surface area contributed by atoms with Crippen LogP contribution >= 0.6 is 15.9 Å². The first-order valence-electron chi connectivity index (χ1n) is 5.82. The van der Waals surface area contributed by atoms with E-state index in [1.54, 1.807) is 18.2 Å². The molecule has 1 N–H and O–H groups in total. The summed E-state index contributed by atoms with van der Waals surface area (Å²) in [6.45, 7) is 3.28. The number of fused-ring (bicyclic) bond motifs is 1. The predicted octanol–water partition coefficient (Wildman–Crippen LogP) is 3.55. The Hall–Kier alpha value is -2.34. The molecular weight excluding hydrogens is 322 g/mol. The fraction of sp³-hybridized carbons (Fsp3) is 0. The Bertz CT molecular complexity index is 809. The van der Waals surface area contributed by atoms with Gasteiger partial charge in [0.15, 0.2) is 5.82 Å². The number of hydrogen-bond acceptors (Lipinski definition) is 3. The zero-order chi connectivity index (χ0) is 14.3. The molecule has 1 aromatic heterocycles. The minimum atomic E-state index is 0.357. The van der Waals surface area contributed by atoms with E-state index in [4.69, 9.17) is 0 Å². The Morgan fingerprint density at radius 3 is 2.55 bits per heavy atom. The average Bonchev–Trinajstić information content (AvgIpc) is 2.76. The van der Waals surface area contributed by atoms with Gasteiger partial charge in [-0.15, -0.1) is 0 Å². The first kappa shape index (κ1) is 12.7. The number of nitrogens with zero attached hydrogens (tertiary/aromatic N) is 3. The third-order valence-electron chi connectivity index (χ3n) is 3.00. The van der Waals surface area contributed by atoms with Crippen LogP contribution in [0, 0.1) is 5.21 Å². The fourth-order valence-electron chi connectivity index (χ4n) is 1.99. The van der Waals surface area contributed by atoms with Crippen molar-refractivity contribution < 1.29 is 9.95 Å². The van der Waals surface area contributed by atoms with Gasteiger partial charge >= 0.3 is 0 Å². The molecule has 0 aliphatic heterocycles. The minimum Gasteiger partial charge on any atom is -0.619 e. The third-order valence-corrected chi connectivity index (χ3v) is 3.53. The molecule has 0 aliphatic carbocycles. The first-order valence-corrected chi connectivity index (χ1v) is 6.61. The summed E-state index contributed by atoms with van der Waals surface area (Å²) in [4.78, 5) is 4.37. The maximum Gasteiger partial charge on any atom is 0.218 e. The van der Waals surface area contributed by atoms with Gasteiger partial charge in [-0.2, -0.15) is 9.47 Å². The molecule has 0 saturated heterocycles. The van der Waals surface area contributed by atoms with E-state index in [0.717, 1.165) is 14.8 Å². The molecule has 2 aromatic carbocycles. The lowest BCUT2D eigenvalue weighted by atomic mass is 10.2. The lowest BCUT2D eigenvalue weighted by molar-refractivity contribution is -0.349. The highest BCUT2D eigenvalue weighted by Crippen LogP contribution is 2.27. The van der Waals surface area contributed by atoms with E-state index < -0.39 is 0 Å². The molecule has 5 nitrogen and oxygen atoms in total. The molecule has 0 spiro atoms. The Morgan fingerprint density at radius 1 is 1.20 bits per heavy atom. The van der Waals surface area contributed by atoms with Crippen LogP contribution in [0.5, 0.6) is 0 Å². The van der Waals surface area contributed by atoms with E-state index in [0.29, 0.717) is 27.3 Å². The normalized spacial score (nSPS) is 10.8. The summed E-state index contributed by atoms with van der Waals surface area (Å²) in [5.41, 5.74) is 2.21. The van der Waals surface area contributed by atoms with E-state index in [1.165, 1.54) is 0 Å². The monoisotopic (exact) mass is 331 g/mol. The van der Waals surface area contributed by atoms with E-state index in [-0.39, 0.29) is 0 Å². The van der Waals surface area contributed by atoms with Gasteiger partial charge < -0.3 is 10.4 Å². The lowest BCUT2D eigenvalue weighted by Gasteiger charge is -2.02. The Balaban J connectivity index is 2.20. The molecule has 0 atom stereocenters. The molecule has 3 rings (SSSR count). The molecule has 0 aliphatic rings. The second-order valence-electron chi connectivity index (χ2n) is 4.31. The lowest BCUT2D eigenvalue weighted by Crippen LogP contribution is -1.95. The van der Waals surface area contributed by atoms with Crippen LogP contribution in [0.2, 0.25) is 0 Å². The van der Waals surface area contributed by atoms with Gasteiger partial charge in [0.05, 0.1) is 5.52 Å². The second-order valence-corrected chi connectivity index (χ2v) is 5.22. The molecule has 0 bridgehead atoms. The highest BCUT2D eigenvalue weighted by atomic mass is 79.9. The third kappa shape index (κ3) is 2.04. The van der Waals surface area contributed by atoms with Crippen molar-refractivity contribution in [2.24, 2.45) is 0 Å². The van der Waals surface area contributed by atoms with Gasteiger partial charge in [0.2, 0.25) is 5.69 Å². The zero-order valence-corrected chi connectivity index (χ0v) is 11.9. The maximum atomic E-state index is 11.2. The van der Waals surface area contributed by atoms with Gasteiger partial charge in [0.25, 0.3) is 0 Å². The van der Waals surface area contributed by atoms with Crippen LogP contribution in [-0.4, -0.2) is 26.4 Å². The van der Waals surface area contributed by atoms with Crippen LogP contribution in [0.1, 0.15) is 0 Å². The Kier molecular flexibility index (Phi) is 2.94. The average molecular weight is 332 g/mol. The molecule has 100 valence electrons. The van der Waals surface area contributed by atoms with Crippen molar-refractivity contribution in [3.05, 3.63) is 52.1 Å². The quantitative estimate of drug-likeness (QED) is 0.257. The van der Waals surface area contributed by atoms with Crippen molar-refractivity contribution in [2.45, 2.75) is 0 Å². The zero-order valence-electron chi connectivity index (χ0n) is 10.3. The summed E-state index contributed by atoms with van der Waals surface area (Å²) >= 11 is 3.36. The van der Waals surface area contributed by atoms with E-state index in [1.807, 2.05) is 24.3 Å². The summed E-state index contributed by atoms with van der Waals surface area (Å²) in [5, 5.41) is 21.4. The van der Waals surface area contributed by atoms with E-state index in [9.17, 15) is 10.4 Å². The van der Waals surface area contributed by atoms with Crippen molar-refractivity contribution in [3.63, 3.8) is 0 Å². The summed E-state index contributed by atoms with van der Waals surface area (Å²) < 4.78 is 2.42. The largest absolute Gasteiger partial charge is 0.619 e. The standard InChI is InChI=1S/C14H10BrN3O2/c1-17(19)11-6-7-12-13(8-11)18(20)14(16-12)9-2-4-10(15)5-3-9/h2-8,20H,1H2. The Morgan fingerprint density at radius 2 is 1.90 bits per heavy atom. The van der Waals surface area contributed by atoms with E-state index in [2.05, 4.69) is 27.6 Å². The molecule has 0 unspecified atom stereocenters. The first-order chi connectivity index (χ1) is 9.56. The van der Waals surface area contributed by atoms with Gasteiger partial charge in [-0.1, -0.05) is 28.1 Å². The number of imidazole rings is 1. The van der Waals surface area contributed by atoms with Gasteiger partial charge in [0, 0.05) is 22.2 Å². The summed E-state index contributed by atoms with van der Waals surface area (Å²) in [6, 6.07) is 12.3. The van der Waals surface area contributed by atoms with Crippen LogP contribution in [0.3, 0.4) is 0 Å². The van der Waals surface area contributed by atoms with Crippen LogP contribution < -0.4 is 0 Å². The Labute approximate surface area is 123 Å². The van der Waals surface area contributed by atoms with Crippen LogP contribution in [0.4, 0.5) is 5.69 Å². The molecule has 3 aromatic rings. The van der Waals surface area contributed by atoms with Crippen LogP contribution in [0.25, 0.3) is 22.4 Å². The topological polar surface area (TPSA) is 64.1 Å². The van der Waals surface area contributed by atoms with Gasteiger partial charge in [0.1, 0.15) is 12.2 Å². The van der Waals surface area contributed by atoms with Crippen molar-refractivity contribution in [2.75, 3.05) is 0 Å². The molecule has 6 heteroatoms. The van der Waals surface area contributed by atoms with Crippen LogP contribution in [0.15, 0.2) is 46.9 Å². The van der Waals surface area contributed by atoms with Gasteiger partial charge in [-0.05, 0) is 18.2 Å². The maximum absolute atomic E-state index is 11.2. The highest BCUT2D eigenvalue weighted by molar-refractivity contribution is 9.10. The smallest absolute Gasteiger partial charge is 0.218 e. The predicted molar refractivity (Wildman–Crippen MR) is 80.5 cm³/mol. The highest BCUT2D eigenvalue weighted by Gasteiger charge is 2.14. The van der Waals surface area contributed by atoms with Crippen molar-refractivity contribution >= 4 is 39.4 Å². The number of benzene rings is 2. The minimum absolute atomic E-state index is 0.357. The SMILES string of the molecule is C=[N+]([O-])c1ccc2nc(-c3ccc(Br)cc3)n(O)c2c1. The molecule has 0 amide bonds. The van der Waals surface area contributed by atoms with Crippen molar-refractivity contribution in [1.82, 2.24) is 9.71 Å². The summed E-state index contributed by atoms with van der Waals surface area (Å²) in [5.74, 6) is 0.422. The van der Waals surface area contributed by atoms with Gasteiger partial charge in [-0.3, -0.25) is 0 Å². The fourth-order valence-corrected chi connectivity index (χ4v) is 2.26. The summed E-state index contributed by atoms with van der Waals surface area (Å²) in [7, 11) is 0. The molecule has 0 fully saturated rings. The van der Waals surface area contributed by atoms with Crippen molar-refractivity contribution in [3.8, 4) is 11.4 Å². The molecule has 0 radical (unpaired) electrons. The summed E-state index contributed by atoms with van der Waals surface area (Å²) in [6.07, 6.45) is 0. The van der Waals surface area contributed by atoms with Crippen molar-refractivity contribution in [1.29, 1.82) is 0 Å².